The summed E-state index contributed by atoms with van der Waals surface area (Å²) in [6.45, 7) is 2.37. The number of amides is 1. The van der Waals surface area contributed by atoms with Crippen molar-refractivity contribution in [3.8, 4) is 11.5 Å². The first kappa shape index (κ1) is 18.5. The Labute approximate surface area is 162 Å². The number of pyridine rings is 1. The van der Waals surface area contributed by atoms with Gasteiger partial charge in [-0.15, -0.1) is 0 Å². The van der Waals surface area contributed by atoms with E-state index in [9.17, 15) is 13.2 Å². The van der Waals surface area contributed by atoms with Crippen LogP contribution in [0.1, 0.15) is 0 Å². The molecule has 1 fully saturated rings. The number of piperazine rings is 1. The minimum atomic E-state index is -3.76. The normalized spacial score (nSPS) is 19.4. The Hall–Kier alpha value is -2.85. The fourth-order valence-corrected chi connectivity index (χ4v) is 3.69. The van der Waals surface area contributed by atoms with E-state index in [1.165, 1.54) is 12.3 Å². The Balaban J connectivity index is 1.36. The number of nitrogens with zero attached hydrogens (tertiary/aromatic N) is 3. The van der Waals surface area contributed by atoms with Crippen LogP contribution in [0.3, 0.4) is 0 Å². The molecule has 0 saturated carbocycles. The summed E-state index contributed by atoms with van der Waals surface area (Å²) >= 11 is 0. The zero-order valence-electron chi connectivity index (χ0n) is 15.0. The van der Waals surface area contributed by atoms with E-state index in [1.54, 1.807) is 17.0 Å². The number of aromatic nitrogens is 1. The summed E-state index contributed by atoms with van der Waals surface area (Å²) in [6.07, 6.45) is 0.584. The van der Waals surface area contributed by atoms with E-state index in [2.05, 4.69) is 4.98 Å². The van der Waals surface area contributed by atoms with E-state index in [-0.39, 0.29) is 17.4 Å². The fraction of sp³-hybridized carbons (Fsp3) is 0.333. The summed E-state index contributed by atoms with van der Waals surface area (Å²) in [7, 11) is -3.76. The lowest BCUT2D eigenvalue weighted by molar-refractivity contribution is -0.141. The Morgan fingerprint density at radius 3 is 2.43 bits per heavy atom. The minimum absolute atomic E-state index is 0.0280. The number of ether oxygens (including phenoxy) is 2. The predicted octanol–water partition coefficient (Wildman–Crippen LogP) is 0.218. The highest BCUT2D eigenvalue weighted by Gasteiger charge is 2.32. The number of anilines is 1. The molecule has 1 saturated heterocycles. The molecule has 2 aliphatic rings. The zero-order chi connectivity index (χ0) is 19.7. The second kappa shape index (κ2) is 7.28. The number of carbonyl (C=O) groups is 1. The molecule has 10 heteroatoms. The number of sulfonamides is 1. The summed E-state index contributed by atoms with van der Waals surface area (Å²) in [6, 6.07) is 10.3. The predicted molar refractivity (Wildman–Crippen MR) is 101 cm³/mol. The maximum Gasteiger partial charge on any atom is 0.267 e. The summed E-state index contributed by atoms with van der Waals surface area (Å²) in [5.41, 5.74) is 0. The number of benzene rings is 1. The van der Waals surface area contributed by atoms with Gasteiger partial charge in [-0.2, -0.15) is 0 Å². The van der Waals surface area contributed by atoms with Crippen molar-refractivity contribution >= 4 is 21.7 Å². The molecule has 1 aromatic heterocycles. The van der Waals surface area contributed by atoms with Gasteiger partial charge in [0.05, 0.1) is 0 Å². The van der Waals surface area contributed by atoms with E-state index in [0.29, 0.717) is 43.5 Å². The number of hydrogen-bond donors (Lipinski definition) is 1. The van der Waals surface area contributed by atoms with Crippen LogP contribution in [-0.2, 0) is 14.8 Å². The van der Waals surface area contributed by atoms with Gasteiger partial charge in [-0.05, 0) is 24.3 Å². The molecule has 1 amide bonds. The zero-order valence-corrected chi connectivity index (χ0v) is 15.8. The third-order valence-electron chi connectivity index (χ3n) is 4.75. The largest absolute Gasteiger partial charge is 0.485 e. The lowest BCUT2D eigenvalue weighted by atomic mass is 10.2. The van der Waals surface area contributed by atoms with Gasteiger partial charge >= 0.3 is 0 Å². The number of carbonyl (C=O) groups excluding carboxylic acids is 1. The maximum absolute atomic E-state index is 12.8. The van der Waals surface area contributed by atoms with Gasteiger partial charge in [-0.3, -0.25) is 4.79 Å². The van der Waals surface area contributed by atoms with Crippen LogP contribution in [0.2, 0.25) is 0 Å². The molecule has 0 radical (unpaired) electrons. The van der Waals surface area contributed by atoms with E-state index in [4.69, 9.17) is 14.6 Å². The highest BCUT2D eigenvalue weighted by atomic mass is 32.2. The molecule has 1 atom stereocenters. The molecule has 4 rings (SSSR count). The number of rotatable bonds is 3. The Morgan fingerprint density at radius 1 is 1.07 bits per heavy atom. The lowest BCUT2D eigenvalue weighted by Gasteiger charge is -2.37. The van der Waals surface area contributed by atoms with Crippen LogP contribution < -0.4 is 19.5 Å². The molecule has 148 valence electrons. The van der Waals surface area contributed by atoms with Gasteiger partial charge in [0.25, 0.3) is 5.91 Å². The monoisotopic (exact) mass is 404 g/mol. The molecule has 0 unspecified atom stereocenters. The summed E-state index contributed by atoms with van der Waals surface area (Å²) < 4.78 is 34.1. The number of hydrogen-bond acceptors (Lipinski definition) is 7. The Bertz CT molecular complexity index is 972. The SMILES string of the molecule is NS(=O)(=O)c1ccc(N2CCN(C(=O)[C@H]3COc4ccccc4O3)CC2)nc1. The molecule has 2 aromatic rings. The van der Waals surface area contributed by atoms with Crippen LogP contribution in [0.4, 0.5) is 5.82 Å². The van der Waals surface area contributed by atoms with Crippen LogP contribution >= 0.6 is 0 Å². The lowest BCUT2D eigenvalue weighted by Crippen LogP contribution is -2.54. The molecular weight excluding hydrogens is 384 g/mol. The van der Waals surface area contributed by atoms with Gasteiger partial charge in [-0.1, -0.05) is 12.1 Å². The highest BCUT2D eigenvalue weighted by molar-refractivity contribution is 7.89. The van der Waals surface area contributed by atoms with E-state index in [0.717, 1.165) is 0 Å². The van der Waals surface area contributed by atoms with Crippen molar-refractivity contribution in [2.24, 2.45) is 5.14 Å². The molecule has 0 spiro atoms. The summed E-state index contributed by atoms with van der Waals surface area (Å²) in [4.78, 5) is 20.6. The molecule has 9 nitrogen and oxygen atoms in total. The quantitative estimate of drug-likeness (QED) is 0.778. The summed E-state index contributed by atoms with van der Waals surface area (Å²) in [5.74, 6) is 1.76. The fourth-order valence-electron chi connectivity index (χ4n) is 3.23. The molecule has 1 aromatic carbocycles. The van der Waals surface area contributed by atoms with Gasteiger partial charge in [0.15, 0.2) is 11.5 Å². The molecule has 28 heavy (non-hydrogen) atoms. The Morgan fingerprint density at radius 2 is 1.79 bits per heavy atom. The highest BCUT2D eigenvalue weighted by Crippen LogP contribution is 2.31. The van der Waals surface area contributed by atoms with E-state index in [1.807, 2.05) is 23.1 Å². The Kier molecular flexibility index (Phi) is 4.82. The van der Waals surface area contributed by atoms with Gasteiger partial charge in [0.1, 0.15) is 17.3 Å². The summed E-state index contributed by atoms with van der Waals surface area (Å²) in [5, 5.41) is 5.09. The number of para-hydroxylation sites is 2. The second-order valence-electron chi connectivity index (χ2n) is 6.57. The minimum Gasteiger partial charge on any atom is -0.485 e. The number of fused-ring (bicyclic) bond motifs is 1. The van der Waals surface area contributed by atoms with Crippen molar-refractivity contribution in [2.45, 2.75) is 11.0 Å². The van der Waals surface area contributed by atoms with Crippen LogP contribution in [0.15, 0.2) is 47.5 Å². The standard InChI is InChI=1S/C18H20N4O5S/c19-28(24,25)13-5-6-17(20-11-13)21-7-9-22(10-8-21)18(23)16-12-26-14-3-1-2-4-15(14)27-16/h1-6,11,16H,7-10,12H2,(H2,19,24,25)/t16-/m1/s1. The molecular formula is C18H20N4O5S. The van der Waals surface area contributed by atoms with Crippen LogP contribution in [-0.4, -0.2) is 63.1 Å². The number of nitrogens with two attached hydrogens (primary N) is 1. The number of primary sulfonamides is 1. The van der Waals surface area contributed by atoms with Crippen molar-refractivity contribution in [3.05, 3.63) is 42.6 Å². The van der Waals surface area contributed by atoms with Crippen molar-refractivity contribution in [1.82, 2.24) is 9.88 Å². The third kappa shape index (κ3) is 3.73. The second-order valence-corrected chi connectivity index (χ2v) is 8.14. The van der Waals surface area contributed by atoms with Gasteiger partial charge < -0.3 is 19.3 Å². The van der Waals surface area contributed by atoms with Crippen molar-refractivity contribution < 1.29 is 22.7 Å². The molecule has 2 aliphatic heterocycles. The maximum atomic E-state index is 12.8. The molecule has 3 heterocycles. The molecule has 0 bridgehead atoms. The molecule has 2 N–H and O–H groups in total. The molecule has 0 aliphatic carbocycles. The van der Waals surface area contributed by atoms with Gasteiger partial charge in [0.2, 0.25) is 16.1 Å². The topological polar surface area (TPSA) is 115 Å². The van der Waals surface area contributed by atoms with E-state index >= 15 is 0 Å². The van der Waals surface area contributed by atoms with Crippen molar-refractivity contribution in [1.29, 1.82) is 0 Å². The van der Waals surface area contributed by atoms with Gasteiger partial charge in [-0.25, -0.2) is 18.5 Å². The van der Waals surface area contributed by atoms with Crippen LogP contribution in [0, 0.1) is 0 Å². The van der Waals surface area contributed by atoms with E-state index < -0.39 is 16.1 Å². The first-order valence-corrected chi connectivity index (χ1v) is 10.4. The average molecular weight is 404 g/mol. The van der Waals surface area contributed by atoms with Crippen molar-refractivity contribution in [3.63, 3.8) is 0 Å². The van der Waals surface area contributed by atoms with Gasteiger partial charge in [0, 0.05) is 32.4 Å². The van der Waals surface area contributed by atoms with Crippen molar-refractivity contribution in [2.75, 3.05) is 37.7 Å². The third-order valence-corrected chi connectivity index (χ3v) is 5.65. The first-order valence-electron chi connectivity index (χ1n) is 8.83. The smallest absolute Gasteiger partial charge is 0.267 e. The average Bonchev–Trinajstić information content (AvgIpc) is 2.72. The first-order chi connectivity index (χ1) is 13.4. The van der Waals surface area contributed by atoms with Crippen LogP contribution in [0.5, 0.6) is 11.5 Å². The van der Waals surface area contributed by atoms with Crippen LogP contribution in [0.25, 0.3) is 0 Å².